The van der Waals surface area contributed by atoms with Crippen LogP contribution in [-0.4, -0.2) is 24.2 Å². The molecule has 0 heterocycles. The van der Waals surface area contributed by atoms with E-state index < -0.39 is 5.54 Å². The van der Waals surface area contributed by atoms with Crippen LogP contribution in [0.2, 0.25) is 0 Å². The molecule has 5 atom stereocenters. The average Bonchev–Trinajstić information content (AvgIpc) is 2.91. The van der Waals surface area contributed by atoms with Crippen LogP contribution in [0.1, 0.15) is 63.1 Å². The van der Waals surface area contributed by atoms with Gasteiger partial charge in [0.15, 0.2) is 11.3 Å². The Morgan fingerprint density at radius 1 is 1.36 bits per heavy atom. The smallest absolute Gasteiger partial charge is 0.166 e. The van der Waals surface area contributed by atoms with Gasteiger partial charge in [0.05, 0.1) is 22.9 Å². The Hall–Kier alpha value is -1.86. The Balaban J connectivity index is 2.26. The number of ketones is 1. The van der Waals surface area contributed by atoms with Crippen molar-refractivity contribution in [2.45, 2.75) is 64.5 Å². The minimum Gasteiger partial charge on any atom is -0.381 e. The normalized spacial score (nSPS) is 33.8. The molecular weight excluding hydrogens is 368 g/mol. The van der Waals surface area contributed by atoms with Crippen LogP contribution >= 0.6 is 12.2 Å². The Bertz CT molecular complexity index is 856. The lowest BCUT2D eigenvalue weighted by Gasteiger charge is -2.51. The van der Waals surface area contributed by atoms with Gasteiger partial charge in [-0.1, -0.05) is 26.8 Å². The van der Waals surface area contributed by atoms with E-state index >= 15 is 0 Å². The molecule has 0 N–H and O–H groups in total. The van der Waals surface area contributed by atoms with Crippen molar-refractivity contribution in [1.29, 1.82) is 5.26 Å². The highest BCUT2D eigenvalue weighted by Gasteiger charge is 2.64. The van der Waals surface area contributed by atoms with Gasteiger partial charge in [-0.25, -0.2) is 4.99 Å². The molecule has 3 rings (SSSR count). The summed E-state index contributed by atoms with van der Waals surface area (Å²) in [6.45, 7) is 6.41. The molecule has 2 aliphatic carbocycles. The predicted octanol–water partition coefficient (Wildman–Crippen LogP) is 4.85. The summed E-state index contributed by atoms with van der Waals surface area (Å²) in [5.74, 6) is 0.691. The van der Waals surface area contributed by atoms with Crippen molar-refractivity contribution in [3.63, 3.8) is 0 Å². The van der Waals surface area contributed by atoms with Crippen LogP contribution in [-0.2, 0) is 21.5 Å². The number of ether oxygens (including phenoxy) is 1. The third-order valence-electron chi connectivity index (χ3n) is 6.84. The quantitative estimate of drug-likeness (QED) is 0.527. The molecule has 0 bridgehead atoms. The van der Waals surface area contributed by atoms with Gasteiger partial charge in [0, 0.05) is 18.9 Å². The molecule has 0 radical (unpaired) electrons. The van der Waals surface area contributed by atoms with Crippen LogP contribution in [0.3, 0.4) is 0 Å². The molecule has 148 valence electrons. The third-order valence-corrected chi connectivity index (χ3v) is 6.93. The number of Topliss-reactive ketones (excluding diaryl/α,β-unsaturated/α-hetero) is 1. The van der Waals surface area contributed by atoms with Crippen molar-refractivity contribution < 1.29 is 9.53 Å². The number of hydrogen-bond donors (Lipinski definition) is 0. The zero-order valence-corrected chi connectivity index (χ0v) is 17.9. The summed E-state index contributed by atoms with van der Waals surface area (Å²) in [6, 6.07) is 7.89. The molecule has 1 aromatic carbocycles. The molecule has 2 unspecified atom stereocenters. The van der Waals surface area contributed by atoms with Gasteiger partial charge in [0.2, 0.25) is 0 Å². The molecule has 5 heteroatoms. The molecule has 0 saturated heterocycles. The number of benzene rings is 1. The van der Waals surface area contributed by atoms with E-state index in [1.807, 2.05) is 25.1 Å². The second-order valence-corrected chi connectivity index (χ2v) is 8.77. The van der Waals surface area contributed by atoms with Gasteiger partial charge in [-0.3, -0.25) is 4.79 Å². The van der Waals surface area contributed by atoms with Gasteiger partial charge in [0.1, 0.15) is 0 Å². The van der Waals surface area contributed by atoms with E-state index in [9.17, 15) is 10.1 Å². The number of nitrogens with zero attached hydrogens (tertiary/aromatic N) is 2. The number of methoxy groups -OCH3 is 1. The number of fused-ring (bicyclic) bond motifs is 1. The molecule has 2 aliphatic rings. The first-order valence-electron chi connectivity index (χ1n) is 10.1. The number of carbonyl (C=O) groups is 1. The molecule has 0 aliphatic heterocycles. The minimum absolute atomic E-state index is 0.0939. The van der Waals surface area contributed by atoms with Crippen molar-refractivity contribution in [2.24, 2.45) is 22.2 Å². The molecule has 0 aromatic heterocycles. The first-order chi connectivity index (χ1) is 13.4. The maximum atomic E-state index is 13.7. The highest BCUT2D eigenvalue weighted by molar-refractivity contribution is 7.78. The van der Waals surface area contributed by atoms with E-state index in [1.54, 1.807) is 7.11 Å². The van der Waals surface area contributed by atoms with Gasteiger partial charge < -0.3 is 4.74 Å². The number of aliphatic imine (C=N–C) groups is 1. The summed E-state index contributed by atoms with van der Waals surface area (Å²) in [7, 11) is 1.77. The highest BCUT2D eigenvalue weighted by atomic mass is 32.1. The molecule has 1 aromatic rings. The Morgan fingerprint density at radius 3 is 2.57 bits per heavy atom. The second kappa shape index (κ2) is 7.87. The maximum absolute atomic E-state index is 13.7. The van der Waals surface area contributed by atoms with E-state index in [4.69, 9.17) is 17.0 Å². The number of thiocarbonyl (C=S) groups is 1. The van der Waals surface area contributed by atoms with Crippen LogP contribution in [0.4, 0.5) is 0 Å². The van der Waals surface area contributed by atoms with Crippen LogP contribution < -0.4 is 0 Å². The van der Waals surface area contributed by atoms with E-state index in [0.717, 1.165) is 36.8 Å². The Kier molecular flexibility index (Phi) is 5.87. The molecule has 1 spiro atoms. The van der Waals surface area contributed by atoms with E-state index in [2.05, 4.69) is 30.1 Å². The lowest BCUT2D eigenvalue weighted by atomic mass is 9.55. The zero-order chi connectivity index (χ0) is 20.5. The van der Waals surface area contributed by atoms with Crippen LogP contribution in [0, 0.1) is 28.6 Å². The van der Waals surface area contributed by atoms with Crippen molar-refractivity contribution in [2.75, 3.05) is 7.11 Å². The molecule has 1 fully saturated rings. The first kappa shape index (κ1) is 20.9. The third kappa shape index (κ3) is 2.95. The topological polar surface area (TPSA) is 62.5 Å². The predicted molar refractivity (Wildman–Crippen MR) is 112 cm³/mol. The fourth-order valence-corrected chi connectivity index (χ4v) is 6.23. The summed E-state index contributed by atoms with van der Waals surface area (Å²) < 4.78 is 5.77. The van der Waals surface area contributed by atoms with Gasteiger partial charge >= 0.3 is 0 Å². The minimum atomic E-state index is -1.05. The van der Waals surface area contributed by atoms with Crippen molar-refractivity contribution in [1.82, 2.24) is 0 Å². The van der Waals surface area contributed by atoms with Gasteiger partial charge in [-0.2, -0.15) is 5.26 Å². The first-order valence-corrected chi connectivity index (χ1v) is 10.5. The van der Waals surface area contributed by atoms with Crippen LogP contribution in [0.25, 0.3) is 0 Å². The number of isothiocyanates is 1. The lowest BCUT2D eigenvalue weighted by Crippen LogP contribution is -2.54. The van der Waals surface area contributed by atoms with Crippen LogP contribution in [0.15, 0.2) is 23.2 Å². The summed E-state index contributed by atoms with van der Waals surface area (Å²) in [6.07, 6.45) is 3.80. The van der Waals surface area contributed by atoms with Crippen molar-refractivity contribution >= 4 is 23.2 Å². The summed E-state index contributed by atoms with van der Waals surface area (Å²) in [5.41, 5.74) is 1.12. The molecule has 0 amide bonds. The Labute approximate surface area is 173 Å². The van der Waals surface area contributed by atoms with Gasteiger partial charge in [-0.05, 0) is 73.0 Å². The van der Waals surface area contributed by atoms with Gasteiger partial charge in [-0.15, -0.1) is 0 Å². The number of hydrogen-bond acceptors (Lipinski definition) is 5. The fourth-order valence-electron chi connectivity index (χ4n) is 6.09. The molecule has 28 heavy (non-hydrogen) atoms. The summed E-state index contributed by atoms with van der Waals surface area (Å²) in [4.78, 5) is 18.3. The van der Waals surface area contributed by atoms with E-state index in [1.165, 1.54) is 0 Å². The SMILES string of the molecule is CCCC(=O)[C@]1(N=C=S)c2cc(C#N)ccc2CC12C[C@@H](C)C(OC)[C@@H](C)C2. The van der Waals surface area contributed by atoms with E-state index in [-0.39, 0.29) is 17.3 Å². The second-order valence-electron chi connectivity index (χ2n) is 8.59. The largest absolute Gasteiger partial charge is 0.381 e. The lowest BCUT2D eigenvalue weighted by molar-refractivity contribution is -0.135. The van der Waals surface area contributed by atoms with E-state index in [0.29, 0.717) is 23.8 Å². The molecule has 4 nitrogen and oxygen atoms in total. The monoisotopic (exact) mass is 396 g/mol. The van der Waals surface area contributed by atoms with Gasteiger partial charge in [0.25, 0.3) is 0 Å². The number of nitriles is 1. The Morgan fingerprint density at radius 2 is 2.04 bits per heavy atom. The summed E-state index contributed by atoms with van der Waals surface area (Å²) >= 11 is 5.05. The maximum Gasteiger partial charge on any atom is 0.166 e. The van der Waals surface area contributed by atoms with Crippen LogP contribution in [0.5, 0.6) is 0 Å². The van der Waals surface area contributed by atoms with Crippen molar-refractivity contribution in [3.05, 3.63) is 34.9 Å². The molecular formula is C23H28N2O2S. The number of rotatable bonds is 5. The number of carbonyl (C=O) groups excluding carboxylic acids is 1. The fraction of sp³-hybridized carbons (Fsp3) is 0.609. The highest BCUT2D eigenvalue weighted by Crippen LogP contribution is 2.62. The zero-order valence-electron chi connectivity index (χ0n) is 17.1. The standard InChI is InChI=1S/C23H28N2O2S/c1-5-6-20(26)23(25-14-28)19-9-17(13-24)7-8-18(19)12-22(23)10-15(2)21(27-4)16(3)11-22/h7-9,15-16,21H,5-6,10-12H2,1-4H3/t15-,16+,21?,22?,23-/m1/s1. The average molecular weight is 397 g/mol. The molecule has 1 saturated carbocycles. The van der Waals surface area contributed by atoms with Crippen molar-refractivity contribution in [3.8, 4) is 6.07 Å². The summed E-state index contributed by atoms with van der Waals surface area (Å²) in [5, 5.41) is 12.0.